The van der Waals surface area contributed by atoms with Crippen LogP contribution in [0.25, 0.3) is 5.69 Å². The molecule has 1 unspecified atom stereocenters. The van der Waals surface area contributed by atoms with Crippen LogP contribution in [0.5, 0.6) is 11.5 Å². The fourth-order valence-corrected chi connectivity index (χ4v) is 5.17. The normalized spacial score (nSPS) is 16.3. The van der Waals surface area contributed by atoms with Gasteiger partial charge in [-0.15, -0.1) is 10.2 Å². The molecular formula is C25H28FN5O3S. The van der Waals surface area contributed by atoms with Crippen molar-refractivity contribution in [3.63, 3.8) is 0 Å². The van der Waals surface area contributed by atoms with E-state index in [0.717, 1.165) is 30.2 Å². The van der Waals surface area contributed by atoms with E-state index in [4.69, 9.17) is 9.47 Å². The minimum absolute atomic E-state index is 0.0574. The molecule has 1 N–H and O–H groups in total. The van der Waals surface area contributed by atoms with Gasteiger partial charge in [0.2, 0.25) is 12.7 Å². The number of amides is 1. The summed E-state index contributed by atoms with van der Waals surface area (Å²) in [4.78, 5) is 15.0. The number of halogens is 1. The summed E-state index contributed by atoms with van der Waals surface area (Å²) in [5.74, 6) is 1.96. The summed E-state index contributed by atoms with van der Waals surface area (Å²) in [6, 6.07) is 12.0. The van der Waals surface area contributed by atoms with E-state index in [-0.39, 0.29) is 30.3 Å². The lowest BCUT2D eigenvalue weighted by Crippen LogP contribution is -2.33. The highest BCUT2D eigenvalue weighted by Crippen LogP contribution is 2.32. The van der Waals surface area contributed by atoms with Crippen molar-refractivity contribution >= 4 is 17.7 Å². The lowest BCUT2D eigenvalue weighted by Gasteiger charge is -2.31. The molecule has 0 saturated carbocycles. The van der Waals surface area contributed by atoms with Crippen molar-refractivity contribution in [2.75, 3.05) is 25.6 Å². The predicted octanol–water partition coefficient (Wildman–Crippen LogP) is 4.09. The summed E-state index contributed by atoms with van der Waals surface area (Å²) in [6.07, 6.45) is 3.58. The molecule has 184 valence electrons. The zero-order valence-electron chi connectivity index (χ0n) is 19.6. The van der Waals surface area contributed by atoms with Crippen LogP contribution >= 0.6 is 11.8 Å². The number of thioether (sulfide) groups is 1. The van der Waals surface area contributed by atoms with Crippen LogP contribution in [-0.2, 0) is 11.3 Å². The van der Waals surface area contributed by atoms with Crippen molar-refractivity contribution in [3.05, 3.63) is 59.7 Å². The molecule has 35 heavy (non-hydrogen) atoms. The van der Waals surface area contributed by atoms with Crippen LogP contribution in [0, 0.1) is 5.82 Å². The number of hydrogen-bond donors (Lipinski definition) is 1. The van der Waals surface area contributed by atoms with E-state index < -0.39 is 0 Å². The van der Waals surface area contributed by atoms with Gasteiger partial charge in [-0.25, -0.2) is 4.39 Å². The van der Waals surface area contributed by atoms with Crippen molar-refractivity contribution in [1.29, 1.82) is 0 Å². The van der Waals surface area contributed by atoms with E-state index in [1.165, 1.54) is 43.2 Å². The second kappa shape index (κ2) is 10.7. The number of likely N-dealkylation sites (tertiary alicyclic amines) is 1. The number of nitrogens with zero attached hydrogens (tertiary/aromatic N) is 4. The van der Waals surface area contributed by atoms with Crippen LogP contribution in [-0.4, -0.2) is 51.2 Å². The van der Waals surface area contributed by atoms with Gasteiger partial charge in [0, 0.05) is 12.2 Å². The Kier molecular flexibility index (Phi) is 7.19. The Morgan fingerprint density at radius 1 is 1.09 bits per heavy atom. The number of rotatable bonds is 8. The van der Waals surface area contributed by atoms with Crippen LogP contribution in [0.1, 0.15) is 43.6 Å². The summed E-state index contributed by atoms with van der Waals surface area (Å²) in [6.45, 7) is 4.76. The Labute approximate surface area is 207 Å². The second-order valence-corrected chi connectivity index (χ2v) is 9.62. The third-order valence-electron chi connectivity index (χ3n) is 6.31. The highest BCUT2D eigenvalue weighted by atomic mass is 32.2. The van der Waals surface area contributed by atoms with Crippen LogP contribution < -0.4 is 14.8 Å². The molecule has 3 aromatic rings. The molecule has 0 spiro atoms. The highest BCUT2D eigenvalue weighted by molar-refractivity contribution is 7.99. The first-order valence-electron chi connectivity index (χ1n) is 11.8. The number of carbonyl (C=O) groups is 1. The van der Waals surface area contributed by atoms with E-state index in [2.05, 4.69) is 27.3 Å². The number of fused-ring (bicyclic) bond motifs is 1. The smallest absolute Gasteiger partial charge is 0.231 e. The van der Waals surface area contributed by atoms with Gasteiger partial charge in [-0.1, -0.05) is 24.2 Å². The van der Waals surface area contributed by atoms with Crippen molar-refractivity contribution in [2.45, 2.75) is 43.9 Å². The Hall–Kier alpha value is -3.11. The molecule has 1 saturated heterocycles. The quantitative estimate of drug-likeness (QED) is 0.470. The zero-order chi connectivity index (χ0) is 24.2. The van der Waals surface area contributed by atoms with Gasteiger partial charge in [-0.2, -0.15) is 0 Å². The van der Waals surface area contributed by atoms with E-state index in [1.54, 1.807) is 12.1 Å². The van der Waals surface area contributed by atoms with Gasteiger partial charge in [0.1, 0.15) is 5.82 Å². The van der Waals surface area contributed by atoms with Crippen molar-refractivity contribution in [2.24, 2.45) is 0 Å². The second-order valence-electron chi connectivity index (χ2n) is 8.68. The van der Waals surface area contributed by atoms with Crippen molar-refractivity contribution in [1.82, 2.24) is 25.0 Å². The number of ether oxygens (including phenoxy) is 2. The maximum atomic E-state index is 13.6. The molecule has 8 nitrogen and oxygen atoms in total. The molecule has 3 heterocycles. The highest BCUT2D eigenvalue weighted by Gasteiger charge is 2.26. The fourth-order valence-electron chi connectivity index (χ4n) is 4.38. The average molecular weight is 498 g/mol. The van der Waals surface area contributed by atoms with Crippen LogP contribution in [0.15, 0.2) is 47.6 Å². The molecule has 2 aromatic carbocycles. The Balaban J connectivity index is 1.28. The molecule has 1 amide bonds. The van der Waals surface area contributed by atoms with E-state index in [0.29, 0.717) is 23.2 Å². The molecule has 1 atom stereocenters. The van der Waals surface area contributed by atoms with Crippen molar-refractivity contribution < 1.29 is 18.7 Å². The van der Waals surface area contributed by atoms with Crippen molar-refractivity contribution in [3.8, 4) is 17.2 Å². The summed E-state index contributed by atoms with van der Waals surface area (Å²) < 4.78 is 26.3. The third-order valence-corrected chi connectivity index (χ3v) is 7.24. The Morgan fingerprint density at radius 3 is 2.66 bits per heavy atom. The standard InChI is InChI=1S/C25H28FN5O3S/c1-17(30-11-3-2-4-12-30)24-28-29-25(31(24)20-8-6-19(26)7-9-20)35-15-23(32)27-14-18-5-10-21-22(13-18)34-16-33-21/h5-10,13,17H,2-4,11-12,14-16H2,1H3,(H,27,32). The molecular weight excluding hydrogens is 469 g/mol. The predicted molar refractivity (Wildman–Crippen MR) is 130 cm³/mol. The first-order chi connectivity index (χ1) is 17.1. The van der Waals surface area contributed by atoms with Gasteiger partial charge in [-0.3, -0.25) is 14.3 Å². The molecule has 2 aliphatic rings. The van der Waals surface area contributed by atoms with Gasteiger partial charge in [0.25, 0.3) is 0 Å². The van der Waals surface area contributed by atoms with Gasteiger partial charge in [0.15, 0.2) is 22.5 Å². The number of benzene rings is 2. The summed E-state index contributed by atoms with van der Waals surface area (Å²) in [5.41, 5.74) is 1.71. The molecule has 1 aromatic heterocycles. The van der Waals surface area contributed by atoms with Crippen LogP contribution in [0.3, 0.4) is 0 Å². The average Bonchev–Trinajstić information content (AvgIpc) is 3.53. The first kappa shape index (κ1) is 23.6. The van der Waals surface area contributed by atoms with Gasteiger partial charge >= 0.3 is 0 Å². The zero-order valence-corrected chi connectivity index (χ0v) is 20.4. The summed E-state index contributed by atoms with van der Waals surface area (Å²) in [5, 5.41) is 12.4. The third kappa shape index (κ3) is 5.43. The van der Waals surface area contributed by atoms with Gasteiger partial charge < -0.3 is 14.8 Å². The topological polar surface area (TPSA) is 81.5 Å². The van der Waals surface area contributed by atoms with Crippen LogP contribution in [0.4, 0.5) is 4.39 Å². The minimum atomic E-state index is -0.301. The molecule has 1 fully saturated rings. The fraction of sp³-hybridized carbons (Fsp3) is 0.400. The molecule has 5 rings (SSSR count). The summed E-state index contributed by atoms with van der Waals surface area (Å²) in [7, 11) is 0. The number of aromatic nitrogens is 3. The monoisotopic (exact) mass is 497 g/mol. The minimum Gasteiger partial charge on any atom is -0.454 e. The molecule has 0 radical (unpaired) electrons. The SMILES string of the molecule is CC(c1nnc(SCC(=O)NCc2ccc3c(c2)OCO3)n1-c1ccc(F)cc1)N1CCCCC1. The van der Waals surface area contributed by atoms with E-state index in [9.17, 15) is 9.18 Å². The Morgan fingerprint density at radius 2 is 1.86 bits per heavy atom. The molecule has 10 heteroatoms. The number of carbonyl (C=O) groups excluding carboxylic acids is 1. The molecule has 0 aliphatic carbocycles. The molecule has 0 bridgehead atoms. The maximum absolute atomic E-state index is 13.6. The number of piperidine rings is 1. The van der Waals surface area contributed by atoms with E-state index >= 15 is 0 Å². The van der Waals surface area contributed by atoms with Crippen LogP contribution in [0.2, 0.25) is 0 Å². The lowest BCUT2D eigenvalue weighted by atomic mass is 10.1. The van der Waals surface area contributed by atoms with Gasteiger partial charge in [-0.05, 0) is 74.8 Å². The first-order valence-corrected chi connectivity index (χ1v) is 12.8. The summed E-state index contributed by atoms with van der Waals surface area (Å²) >= 11 is 1.31. The van der Waals surface area contributed by atoms with E-state index in [1.807, 2.05) is 22.8 Å². The number of hydrogen-bond acceptors (Lipinski definition) is 7. The lowest BCUT2D eigenvalue weighted by molar-refractivity contribution is -0.118. The Bertz CT molecular complexity index is 1180. The largest absolute Gasteiger partial charge is 0.454 e. The maximum Gasteiger partial charge on any atom is 0.231 e. The number of nitrogens with one attached hydrogen (secondary N) is 1. The molecule has 2 aliphatic heterocycles. The van der Waals surface area contributed by atoms with Gasteiger partial charge in [0.05, 0.1) is 11.8 Å².